The summed E-state index contributed by atoms with van der Waals surface area (Å²) in [7, 11) is 4.30. The van der Waals surface area contributed by atoms with Gasteiger partial charge in [-0.15, -0.1) is 0 Å². The molecule has 0 amide bonds. The van der Waals surface area contributed by atoms with E-state index < -0.39 is 17.4 Å². The molecule has 0 fully saturated rings. The zero-order chi connectivity index (χ0) is 25.2. The fourth-order valence-corrected chi connectivity index (χ4v) is 3.57. The standard InChI is InChI=1S/C23H22F3N5O3/c1-32-18-6-11(7-19(33-2)21(18)34-3)12-8-17(14(10-28)22(30)23(24,25)26)31-16-5-4-15(29)13(9-27)20(12)16/h4-10,27-28H,29-30H2,1-3H3. The molecule has 3 aromatic rings. The van der Waals surface area contributed by atoms with Crippen LogP contribution in [-0.2, 0) is 0 Å². The van der Waals surface area contributed by atoms with Crippen molar-refractivity contribution in [2.45, 2.75) is 6.18 Å². The van der Waals surface area contributed by atoms with E-state index in [0.717, 1.165) is 6.21 Å². The van der Waals surface area contributed by atoms with Gasteiger partial charge in [0.1, 0.15) is 5.70 Å². The number of ether oxygens (including phenoxy) is 3. The maximum Gasteiger partial charge on any atom is 0.431 e. The molecule has 3 rings (SSSR count). The van der Waals surface area contributed by atoms with Gasteiger partial charge in [0, 0.05) is 34.6 Å². The van der Waals surface area contributed by atoms with Crippen LogP contribution in [0.4, 0.5) is 18.9 Å². The Morgan fingerprint density at radius 1 is 1.00 bits per heavy atom. The van der Waals surface area contributed by atoms with Gasteiger partial charge in [0.25, 0.3) is 0 Å². The highest BCUT2D eigenvalue weighted by Crippen LogP contribution is 2.44. The molecule has 0 atom stereocenters. The van der Waals surface area contributed by atoms with Gasteiger partial charge in [0.15, 0.2) is 11.5 Å². The molecule has 0 unspecified atom stereocenters. The number of pyridine rings is 1. The lowest BCUT2D eigenvalue weighted by Crippen LogP contribution is -2.22. The maximum absolute atomic E-state index is 13.4. The molecule has 34 heavy (non-hydrogen) atoms. The number of fused-ring (bicyclic) bond motifs is 1. The topological polar surface area (TPSA) is 140 Å². The normalized spacial score (nSPS) is 12.2. The monoisotopic (exact) mass is 473 g/mol. The molecule has 178 valence electrons. The molecule has 6 N–H and O–H groups in total. The van der Waals surface area contributed by atoms with Crippen LogP contribution < -0.4 is 25.7 Å². The summed E-state index contributed by atoms with van der Waals surface area (Å²) >= 11 is 0. The molecule has 0 bridgehead atoms. The number of nitrogens with one attached hydrogen (secondary N) is 2. The molecule has 8 nitrogen and oxygen atoms in total. The average molecular weight is 473 g/mol. The largest absolute Gasteiger partial charge is 0.493 e. The summed E-state index contributed by atoms with van der Waals surface area (Å²) in [4.78, 5) is 4.30. The van der Waals surface area contributed by atoms with E-state index >= 15 is 0 Å². The highest BCUT2D eigenvalue weighted by Gasteiger charge is 2.34. The van der Waals surface area contributed by atoms with Gasteiger partial charge in [0.05, 0.1) is 32.5 Å². The third-order valence-corrected chi connectivity index (χ3v) is 5.18. The Labute approximate surface area is 193 Å². The first-order valence-corrected chi connectivity index (χ1v) is 9.73. The molecular formula is C23H22F3N5O3. The molecule has 0 saturated heterocycles. The number of hydrogen-bond donors (Lipinski definition) is 4. The van der Waals surface area contributed by atoms with E-state index in [4.69, 9.17) is 36.5 Å². The first-order chi connectivity index (χ1) is 16.1. The first kappa shape index (κ1) is 24.4. The van der Waals surface area contributed by atoms with Crippen molar-refractivity contribution in [3.8, 4) is 28.4 Å². The smallest absolute Gasteiger partial charge is 0.431 e. The van der Waals surface area contributed by atoms with Gasteiger partial charge in [-0.2, -0.15) is 13.2 Å². The highest BCUT2D eigenvalue weighted by molar-refractivity contribution is 6.13. The van der Waals surface area contributed by atoms with Crippen LogP contribution in [0, 0.1) is 10.8 Å². The SMILES string of the molecule is COc1cc(-c2cc(C(C=N)=C(N)C(F)(F)F)nc3ccc(N)c(C=N)c23)cc(OC)c1OC. The number of allylic oxidation sites excluding steroid dienone is 2. The summed E-state index contributed by atoms with van der Waals surface area (Å²) in [6.07, 6.45) is -3.32. The van der Waals surface area contributed by atoms with Gasteiger partial charge in [-0.05, 0) is 41.5 Å². The van der Waals surface area contributed by atoms with E-state index in [0.29, 0.717) is 45.5 Å². The van der Waals surface area contributed by atoms with Gasteiger partial charge in [-0.3, -0.25) is 0 Å². The van der Waals surface area contributed by atoms with Gasteiger partial charge >= 0.3 is 6.18 Å². The lowest BCUT2D eigenvalue weighted by molar-refractivity contribution is -0.0919. The Balaban J connectivity index is 2.52. The van der Waals surface area contributed by atoms with E-state index in [1.165, 1.54) is 39.5 Å². The number of nitrogen functional groups attached to an aromatic ring is 1. The van der Waals surface area contributed by atoms with Gasteiger partial charge in [-0.1, -0.05) is 0 Å². The molecule has 0 saturated carbocycles. The summed E-state index contributed by atoms with van der Waals surface area (Å²) in [5, 5.41) is 15.8. The molecule has 1 aromatic heterocycles. The minimum absolute atomic E-state index is 0.179. The molecular weight excluding hydrogens is 451 g/mol. The van der Waals surface area contributed by atoms with E-state index in [9.17, 15) is 13.2 Å². The molecule has 0 aliphatic carbocycles. The number of methoxy groups -OCH3 is 3. The van der Waals surface area contributed by atoms with Crippen LogP contribution in [0.2, 0.25) is 0 Å². The second-order valence-electron chi connectivity index (χ2n) is 7.05. The number of aromatic nitrogens is 1. The van der Waals surface area contributed by atoms with E-state index in [1.54, 1.807) is 12.1 Å². The van der Waals surface area contributed by atoms with Crippen LogP contribution >= 0.6 is 0 Å². The highest BCUT2D eigenvalue weighted by atomic mass is 19.4. The predicted molar refractivity (Wildman–Crippen MR) is 125 cm³/mol. The molecule has 1 heterocycles. The fraction of sp³-hybridized carbons (Fsp3) is 0.174. The molecule has 0 spiro atoms. The first-order valence-electron chi connectivity index (χ1n) is 9.73. The second kappa shape index (κ2) is 9.30. The Hall–Kier alpha value is -4.28. The van der Waals surface area contributed by atoms with Gasteiger partial charge < -0.3 is 36.5 Å². The minimum atomic E-state index is -4.86. The predicted octanol–water partition coefficient (Wildman–Crippen LogP) is 4.39. The number of nitrogens with two attached hydrogens (primary N) is 2. The number of nitrogens with zero attached hydrogens (tertiary/aromatic N) is 1. The van der Waals surface area contributed by atoms with E-state index in [1.807, 2.05) is 0 Å². The van der Waals surface area contributed by atoms with Gasteiger partial charge in [0.2, 0.25) is 5.75 Å². The van der Waals surface area contributed by atoms with Crippen LogP contribution in [0.25, 0.3) is 27.6 Å². The van der Waals surface area contributed by atoms with Crippen molar-refractivity contribution in [3.63, 3.8) is 0 Å². The number of rotatable bonds is 7. The Morgan fingerprint density at radius 3 is 2.09 bits per heavy atom. The summed E-state index contributed by atoms with van der Waals surface area (Å²) in [5.74, 6) is 0.933. The van der Waals surface area contributed by atoms with Crippen LogP contribution in [0.5, 0.6) is 17.2 Å². The minimum Gasteiger partial charge on any atom is -0.493 e. The third kappa shape index (κ3) is 4.19. The van der Waals surface area contributed by atoms with Crippen molar-refractivity contribution in [3.05, 3.63) is 47.3 Å². The average Bonchev–Trinajstić information content (AvgIpc) is 2.82. The quantitative estimate of drug-likeness (QED) is 0.296. The summed E-state index contributed by atoms with van der Waals surface area (Å²) < 4.78 is 56.2. The zero-order valence-electron chi connectivity index (χ0n) is 18.5. The van der Waals surface area contributed by atoms with Crippen molar-refractivity contribution >= 4 is 34.6 Å². The molecule has 0 aliphatic heterocycles. The number of alkyl halides is 3. The number of anilines is 1. The maximum atomic E-state index is 13.4. The van der Waals surface area contributed by atoms with Crippen molar-refractivity contribution in [2.24, 2.45) is 5.73 Å². The lowest BCUT2D eigenvalue weighted by atomic mass is 9.94. The fourth-order valence-electron chi connectivity index (χ4n) is 3.57. The summed E-state index contributed by atoms with van der Waals surface area (Å²) in [6, 6.07) is 7.59. The Morgan fingerprint density at radius 2 is 1.62 bits per heavy atom. The Kier molecular flexibility index (Phi) is 6.66. The third-order valence-electron chi connectivity index (χ3n) is 5.18. The molecule has 0 radical (unpaired) electrons. The van der Waals surface area contributed by atoms with Crippen LogP contribution in [0.1, 0.15) is 11.3 Å². The molecule has 0 aliphatic rings. The van der Waals surface area contributed by atoms with Crippen molar-refractivity contribution in [2.75, 3.05) is 27.1 Å². The van der Waals surface area contributed by atoms with E-state index in [2.05, 4.69) is 4.98 Å². The zero-order valence-corrected chi connectivity index (χ0v) is 18.5. The molecule has 11 heteroatoms. The second-order valence-corrected chi connectivity index (χ2v) is 7.05. The lowest BCUT2D eigenvalue weighted by Gasteiger charge is -2.18. The van der Waals surface area contributed by atoms with Crippen molar-refractivity contribution in [1.82, 2.24) is 4.98 Å². The molecule has 2 aromatic carbocycles. The number of benzene rings is 2. The van der Waals surface area contributed by atoms with Gasteiger partial charge in [-0.25, -0.2) is 4.98 Å². The van der Waals surface area contributed by atoms with Crippen LogP contribution in [-0.4, -0.2) is 44.9 Å². The number of hydrogen-bond acceptors (Lipinski definition) is 8. The van der Waals surface area contributed by atoms with Crippen molar-refractivity contribution < 1.29 is 27.4 Å². The van der Waals surface area contributed by atoms with Crippen molar-refractivity contribution in [1.29, 1.82) is 10.8 Å². The van der Waals surface area contributed by atoms with Crippen LogP contribution in [0.3, 0.4) is 0 Å². The van der Waals surface area contributed by atoms with E-state index in [-0.39, 0.29) is 16.9 Å². The van der Waals surface area contributed by atoms with Crippen LogP contribution in [0.15, 0.2) is 36.0 Å². The summed E-state index contributed by atoms with van der Waals surface area (Å²) in [5.41, 5.74) is 10.9. The Bertz CT molecular complexity index is 1290. The summed E-state index contributed by atoms with van der Waals surface area (Å²) in [6.45, 7) is 0. The number of halogens is 3.